The van der Waals surface area contributed by atoms with E-state index in [-0.39, 0.29) is 11.8 Å². The predicted molar refractivity (Wildman–Crippen MR) is 118 cm³/mol. The van der Waals surface area contributed by atoms with Gasteiger partial charge in [0.25, 0.3) is 0 Å². The molecule has 1 fully saturated rings. The van der Waals surface area contributed by atoms with Crippen LogP contribution >= 0.6 is 15.9 Å². The second-order valence-electron chi connectivity index (χ2n) is 7.70. The van der Waals surface area contributed by atoms with Gasteiger partial charge in [-0.15, -0.1) is 0 Å². The first-order chi connectivity index (χ1) is 14.4. The molecule has 3 aromatic rings. The molecule has 1 saturated heterocycles. The molecule has 0 radical (unpaired) electrons. The molecule has 6 nitrogen and oxygen atoms in total. The fraction of sp³-hybridized carbons (Fsp3) is 0.364. The molecule has 0 saturated carbocycles. The summed E-state index contributed by atoms with van der Waals surface area (Å²) in [5.74, 6) is 1.39. The van der Waals surface area contributed by atoms with Gasteiger partial charge in [0.05, 0.1) is 4.90 Å². The van der Waals surface area contributed by atoms with E-state index in [2.05, 4.69) is 52.1 Å². The van der Waals surface area contributed by atoms with Crippen LogP contribution in [-0.2, 0) is 10.0 Å². The van der Waals surface area contributed by atoms with E-state index in [1.165, 1.54) is 11.1 Å². The van der Waals surface area contributed by atoms with Gasteiger partial charge in [0, 0.05) is 29.4 Å². The average Bonchev–Trinajstić information content (AvgIpc) is 3.24. The summed E-state index contributed by atoms with van der Waals surface area (Å²) in [7, 11) is -3.49. The van der Waals surface area contributed by atoms with Crippen molar-refractivity contribution in [2.24, 2.45) is 0 Å². The van der Waals surface area contributed by atoms with Crippen LogP contribution in [0.2, 0.25) is 0 Å². The number of piperidine rings is 1. The van der Waals surface area contributed by atoms with Gasteiger partial charge >= 0.3 is 0 Å². The molecule has 1 atom stereocenters. The minimum Gasteiger partial charge on any atom is -0.339 e. The second kappa shape index (κ2) is 8.61. The van der Waals surface area contributed by atoms with E-state index in [0.29, 0.717) is 42.5 Å². The molecule has 0 unspecified atom stereocenters. The van der Waals surface area contributed by atoms with E-state index in [1.54, 1.807) is 28.6 Å². The summed E-state index contributed by atoms with van der Waals surface area (Å²) in [6.07, 6.45) is 1.33. The number of sulfonamides is 1. The van der Waals surface area contributed by atoms with Crippen molar-refractivity contribution in [3.8, 4) is 0 Å². The Hall–Kier alpha value is -2.03. The predicted octanol–water partition coefficient (Wildman–Crippen LogP) is 4.86. The van der Waals surface area contributed by atoms with Gasteiger partial charge in [-0.2, -0.15) is 9.29 Å². The van der Waals surface area contributed by atoms with Gasteiger partial charge in [-0.3, -0.25) is 0 Å². The number of hydrogen-bond acceptors (Lipinski definition) is 5. The Morgan fingerprint density at radius 2 is 1.77 bits per heavy atom. The van der Waals surface area contributed by atoms with E-state index >= 15 is 0 Å². The van der Waals surface area contributed by atoms with E-state index in [0.717, 1.165) is 4.47 Å². The Morgan fingerprint density at radius 1 is 1.10 bits per heavy atom. The highest BCUT2D eigenvalue weighted by molar-refractivity contribution is 9.10. The maximum atomic E-state index is 12.9. The molecule has 0 aliphatic carbocycles. The van der Waals surface area contributed by atoms with Gasteiger partial charge in [0.15, 0.2) is 5.82 Å². The van der Waals surface area contributed by atoms with Crippen molar-refractivity contribution in [2.75, 3.05) is 13.1 Å². The second-order valence-corrected chi connectivity index (χ2v) is 10.6. The van der Waals surface area contributed by atoms with Crippen LogP contribution in [0.15, 0.2) is 62.4 Å². The Kier molecular flexibility index (Phi) is 6.09. The van der Waals surface area contributed by atoms with Gasteiger partial charge in [-0.25, -0.2) is 8.42 Å². The average molecular weight is 490 g/mol. The van der Waals surface area contributed by atoms with Gasteiger partial charge in [-0.05, 0) is 55.2 Å². The molecule has 4 rings (SSSR count). The van der Waals surface area contributed by atoms with Crippen molar-refractivity contribution in [3.63, 3.8) is 0 Å². The van der Waals surface area contributed by atoms with Crippen LogP contribution in [0.1, 0.15) is 54.4 Å². The van der Waals surface area contributed by atoms with Crippen molar-refractivity contribution in [1.29, 1.82) is 0 Å². The zero-order valence-corrected chi connectivity index (χ0v) is 19.4. The first kappa shape index (κ1) is 21.2. The van der Waals surface area contributed by atoms with E-state index < -0.39 is 10.0 Å². The standard InChI is InChI=1S/C22H24BrN3O3S/c1-15-5-3-4-6-20(15)16(2)21-24-22(29-25-21)17-11-13-26(14-12-17)30(27,28)19-9-7-18(23)8-10-19/h3-10,16-17H,11-14H2,1-2H3/t16-/m1/s1. The SMILES string of the molecule is Cc1ccccc1[C@@H](C)c1noc(C2CCN(S(=O)(=O)c3ccc(Br)cc3)CC2)n1. The zero-order valence-electron chi connectivity index (χ0n) is 17.0. The fourth-order valence-electron chi connectivity index (χ4n) is 3.90. The Balaban J connectivity index is 1.44. The summed E-state index contributed by atoms with van der Waals surface area (Å²) in [5.41, 5.74) is 2.38. The summed E-state index contributed by atoms with van der Waals surface area (Å²) in [5, 5.41) is 4.21. The highest BCUT2D eigenvalue weighted by atomic mass is 79.9. The fourth-order valence-corrected chi connectivity index (χ4v) is 5.63. The smallest absolute Gasteiger partial charge is 0.243 e. The topological polar surface area (TPSA) is 76.3 Å². The van der Waals surface area contributed by atoms with Crippen LogP contribution in [0.3, 0.4) is 0 Å². The first-order valence-corrected chi connectivity index (χ1v) is 12.2. The molecular formula is C22H24BrN3O3S. The van der Waals surface area contributed by atoms with Gasteiger partial charge in [0.2, 0.25) is 15.9 Å². The van der Waals surface area contributed by atoms with Crippen molar-refractivity contribution in [3.05, 3.63) is 75.8 Å². The molecule has 0 spiro atoms. The largest absolute Gasteiger partial charge is 0.339 e. The summed E-state index contributed by atoms with van der Waals surface area (Å²) < 4.78 is 33.7. The molecule has 1 aliphatic rings. The van der Waals surface area contributed by atoms with Gasteiger partial charge in [0.1, 0.15) is 0 Å². The summed E-state index contributed by atoms with van der Waals surface area (Å²) in [6.45, 7) is 5.03. The maximum absolute atomic E-state index is 12.9. The Bertz CT molecular complexity index is 1120. The lowest BCUT2D eigenvalue weighted by Crippen LogP contribution is -2.37. The van der Waals surface area contributed by atoms with Crippen molar-refractivity contribution < 1.29 is 12.9 Å². The minimum absolute atomic E-state index is 0.0431. The molecular weight excluding hydrogens is 466 g/mol. The Morgan fingerprint density at radius 3 is 2.43 bits per heavy atom. The molecule has 8 heteroatoms. The molecule has 2 aromatic carbocycles. The number of rotatable bonds is 5. The first-order valence-electron chi connectivity index (χ1n) is 10.0. The van der Waals surface area contributed by atoms with Crippen molar-refractivity contribution >= 4 is 26.0 Å². The molecule has 2 heterocycles. The number of halogens is 1. The zero-order chi connectivity index (χ0) is 21.3. The molecule has 1 aromatic heterocycles. The van der Waals surface area contributed by atoms with Crippen LogP contribution in [0.5, 0.6) is 0 Å². The molecule has 0 amide bonds. The summed E-state index contributed by atoms with van der Waals surface area (Å²) in [6, 6.07) is 14.9. The monoisotopic (exact) mass is 489 g/mol. The number of aromatic nitrogens is 2. The van der Waals surface area contributed by atoms with Crippen LogP contribution in [-0.4, -0.2) is 36.0 Å². The maximum Gasteiger partial charge on any atom is 0.243 e. The van der Waals surface area contributed by atoms with Crippen LogP contribution in [0.25, 0.3) is 0 Å². The molecule has 0 bridgehead atoms. The van der Waals surface area contributed by atoms with E-state index in [4.69, 9.17) is 4.52 Å². The van der Waals surface area contributed by atoms with E-state index in [9.17, 15) is 8.42 Å². The third kappa shape index (κ3) is 4.22. The number of aryl methyl sites for hydroxylation is 1. The third-order valence-corrected chi connectivity index (χ3v) is 8.20. The van der Waals surface area contributed by atoms with Gasteiger partial charge < -0.3 is 4.52 Å². The molecule has 0 N–H and O–H groups in total. The summed E-state index contributed by atoms with van der Waals surface area (Å²) >= 11 is 3.34. The van der Waals surface area contributed by atoms with Crippen LogP contribution in [0, 0.1) is 6.92 Å². The van der Waals surface area contributed by atoms with Crippen molar-refractivity contribution in [1.82, 2.24) is 14.4 Å². The summed E-state index contributed by atoms with van der Waals surface area (Å²) in [4.78, 5) is 4.97. The molecule has 1 aliphatic heterocycles. The number of nitrogens with zero attached hydrogens (tertiary/aromatic N) is 3. The lowest BCUT2D eigenvalue weighted by Gasteiger charge is -2.29. The highest BCUT2D eigenvalue weighted by Crippen LogP contribution is 2.32. The lowest BCUT2D eigenvalue weighted by molar-refractivity contribution is 0.270. The molecule has 30 heavy (non-hydrogen) atoms. The van der Waals surface area contributed by atoms with Crippen LogP contribution in [0.4, 0.5) is 0 Å². The van der Waals surface area contributed by atoms with Crippen LogP contribution < -0.4 is 0 Å². The highest BCUT2D eigenvalue weighted by Gasteiger charge is 2.32. The van der Waals surface area contributed by atoms with Crippen molar-refractivity contribution in [2.45, 2.75) is 43.4 Å². The molecule has 158 valence electrons. The Labute approximate surface area is 185 Å². The van der Waals surface area contributed by atoms with E-state index in [1.807, 2.05) is 12.1 Å². The minimum atomic E-state index is -3.49. The lowest BCUT2D eigenvalue weighted by atomic mass is 9.95. The normalized spacial score (nSPS) is 17.2. The number of hydrogen-bond donors (Lipinski definition) is 0. The quantitative estimate of drug-likeness (QED) is 0.511. The third-order valence-electron chi connectivity index (χ3n) is 5.75. The number of benzene rings is 2. The van der Waals surface area contributed by atoms with Gasteiger partial charge in [-0.1, -0.05) is 52.3 Å².